The van der Waals surface area contributed by atoms with Crippen molar-refractivity contribution in [1.29, 1.82) is 0 Å². The number of fused-ring (bicyclic) bond motifs is 1. The standard InChI is InChI=1S/C11H21N3O.2ClH/c1-9(12)7-11(15)14-6-5-13-4-2-3-10(13)8-14;;/h9-10H,2-8,12H2,1H3;2*1H. The molecule has 0 bridgehead atoms. The minimum absolute atomic E-state index is 0. The number of halogens is 2. The van der Waals surface area contributed by atoms with E-state index in [0.717, 1.165) is 19.6 Å². The fourth-order valence-corrected chi connectivity index (χ4v) is 2.62. The van der Waals surface area contributed by atoms with Gasteiger partial charge in [-0.2, -0.15) is 0 Å². The minimum Gasteiger partial charge on any atom is -0.340 e. The summed E-state index contributed by atoms with van der Waals surface area (Å²) >= 11 is 0. The van der Waals surface area contributed by atoms with Crippen LogP contribution in [0.25, 0.3) is 0 Å². The van der Waals surface area contributed by atoms with Crippen LogP contribution in [0.1, 0.15) is 26.2 Å². The maximum atomic E-state index is 11.8. The highest BCUT2D eigenvalue weighted by Gasteiger charge is 2.32. The smallest absolute Gasteiger partial charge is 0.224 e. The van der Waals surface area contributed by atoms with Gasteiger partial charge in [0.15, 0.2) is 0 Å². The summed E-state index contributed by atoms with van der Waals surface area (Å²) in [6.45, 7) is 5.98. The number of hydrogen-bond acceptors (Lipinski definition) is 3. The summed E-state index contributed by atoms with van der Waals surface area (Å²) < 4.78 is 0. The summed E-state index contributed by atoms with van der Waals surface area (Å²) in [6, 6.07) is 0.606. The highest BCUT2D eigenvalue weighted by Crippen LogP contribution is 2.21. The summed E-state index contributed by atoms with van der Waals surface area (Å²) in [7, 11) is 0. The molecule has 2 fully saturated rings. The largest absolute Gasteiger partial charge is 0.340 e. The molecule has 2 aliphatic heterocycles. The zero-order chi connectivity index (χ0) is 10.8. The van der Waals surface area contributed by atoms with Crippen LogP contribution in [0.15, 0.2) is 0 Å². The van der Waals surface area contributed by atoms with Crippen LogP contribution < -0.4 is 5.73 Å². The normalized spacial score (nSPS) is 25.5. The van der Waals surface area contributed by atoms with Gasteiger partial charge in [0.1, 0.15) is 0 Å². The topological polar surface area (TPSA) is 49.6 Å². The van der Waals surface area contributed by atoms with Gasteiger partial charge in [-0.3, -0.25) is 9.69 Å². The third kappa shape index (κ3) is 4.28. The van der Waals surface area contributed by atoms with E-state index in [9.17, 15) is 4.79 Å². The van der Waals surface area contributed by atoms with Gasteiger partial charge < -0.3 is 10.6 Å². The van der Waals surface area contributed by atoms with Crippen LogP contribution in [0.5, 0.6) is 0 Å². The SMILES string of the molecule is CC(N)CC(=O)N1CCN2CCCC2C1.Cl.Cl. The van der Waals surface area contributed by atoms with Gasteiger partial charge in [0.25, 0.3) is 0 Å². The molecule has 2 aliphatic rings. The van der Waals surface area contributed by atoms with Gasteiger partial charge in [0.05, 0.1) is 0 Å². The Morgan fingerprint density at radius 1 is 1.35 bits per heavy atom. The molecule has 1 amide bonds. The molecule has 6 heteroatoms. The van der Waals surface area contributed by atoms with Gasteiger partial charge in [-0.1, -0.05) is 0 Å². The molecule has 0 spiro atoms. The highest BCUT2D eigenvalue weighted by atomic mass is 35.5. The Labute approximate surface area is 116 Å². The Balaban J connectivity index is 0.00000128. The predicted molar refractivity (Wildman–Crippen MR) is 73.9 cm³/mol. The number of carbonyl (C=O) groups excluding carboxylic acids is 1. The molecule has 2 heterocycles. The highest BCUT2D eigenvalue weighted by molar-refractivity contribution is 5.85. The average Bonchev–Trinajstić information content (AvgIpc) is 2.62. The summed E-state index contributed by atoms with van der Waals surface area (Å²) in [5.74, 6) is 0.233. The number of nitrogens with zero attached hydrogens (tertiary/aromatic N) is 2. The Bertz CT molecular complexity index is 251. The van der Waals surface area contributed by atoms with Crippen LogP contribution in [0.4, 0.5) is 0 Å². The van der Waals surface area contributed by atoms with E-state index in [1.54, 1.807) is 0 Å². The van der Waals surface area contributed by atoms with E-state index in [4.69, 9.17) is 5.73 Å². The van der Waals surface area contributed by atoms with Crippen LogP contribution >= 0.6 is 24.8 Å². The molecular weight excluding hydrogens is 261 g/mol. The van der Waals surface area contributed by atoms with Crippen molar-refractivity contribution in [3.63, 3.8) is 0 Å². The Morgan fingerprint density at radius 3 is 2.71 bits per heavy atom. The fourth-order valence-electron chi connectivity index (χ4n) is 2.62. The lowest BCUT2D eigenvalue weighted by atomic mass is 10.1. The van der Waals surface area contributed by atoms with Crippen molar-refractivity contribution in [1.82, 2.24) is 9.80 Å². The van der Waals surface area contributed by atoms with Crippen LogP contribution in [-0.2, 0) is 4.79 Å². The molecule has 0 radical (unpaired) electrons. The summed E-state index contributed by atoms with van der Waals surface area (Å²) in [6.07, 6.45) is 3.04. The third-order valence-electron chi connectivity index (χ3n) is 3.44. The second kappa shape index (κ2) is 7.41. The van der Waals surface area contributed by atoms with Crippen LogP contribution in [0, 0.1) is 0 Å². The van der Waals surface area contributed by atoms with Gasteiger partial charge >= 0.3 is 0 Å². The van der Waals surface area contributed by atoms with Crippen molar-refractivity contribution in [2.24, 2.45) is 5.73 Å². The number of hydrogen-bond donors (Lipinski definition) is 1. The molecule has 0 aromatic carbocycles. The van der Waals surface area contributed by atoms with Crippen molar-refractivity contribution >= 4 is 30.7 Å². The molecule has 2 atom stereocenters. The lowest BCUT2D eigenvalue weighted by Crippen LogP contribution is -2.52. The first-order chi connectivity index (χ1) is 7.16. The third-order valence-corrected chi connectivity index (χ3v) is 3.44. The number of nitrogens with two attached hydrogens (primary N) is 1. The lowest BCUT2D eigenvalue weighted by Gasteiger charge is -2.37. The number of amides is 1. The molecule has 2 rings (SSSR count). The summed E-state index contributed by atoms with van der Waals surface area (Å²) in [5, 5.41) is 0. The average molecular weight is 284 g/mol. The first kappa shape index (κ1) is 17.0. The maximum absolute atomic E-state index is 11.8. The Morgan fingerprint density at radius 2 is 2.06 bits per heavy atom. The van der Waals surface area contributed by atoms with E-state index in [0.29, 0.717) is 12.5 Å². The van der Waals surface area contributed by atoms with Crippen molar-refractivity contribution in [3.05, 3.63) is 0 Å². The fraction of sp³-hybridized carbons (Fsp3) is 0.909. The van der Waals surface area contributed by atoms with Crippen LogP contribution in [0.2, 0.25) is 0 Å². The van der Waals surface area contributed by atoms with Crippen molar-refractivity contribution in [2.45, 2.75) is 38.3 Å². The quantitative estimate of drug-likeness (QED) is 0.818. The first-order valence-electron chi connectivity index (χ1n) is 5.94. The number of piperazine rings is 1. The van der Waals surface area contributed by atoms with Crippen molar-refractivity contribution in [2.75, 3.05) is 26.2 Å². The van der Waals surface area contributed by atoms with E-state index >= 15 is 0 Å². The monoisotopic (exact) mass is 283 g/mol. The van der Waals surface area contributed by atoms with Gasteiger partial charge in [-0.15, -0.1) is 24.8 Å². The van der Waals surface area contributed by atoms with Gasteiger partial charge in [0.2, 0.25) is 5.91 Å². The molecule has 0 aliphatic carbocycles. The second-order valence-corrected chi connectivity index (χ2v) is 4.85. The van der Waals surface area contributed by atoms with E-state index in [2.05, 4.69) is 4.90 Å². The second-order valence-electron chi connectivity index (χ2n) is 4.85. The van der Waals surface area contributed by atoms with E-state index in [1.807, 2.05) is 11.8 Å². The molecule has 2 saturated heterocycles. The number of carbonyl (C=O) groups is 1. The maximum Gasteiger partial charge on any atom is 0.224 e. The molecule has 0 aromatic rings. The molecular formula is C11H23Cl2N3O. The zero-order valence-corrected chi connectivity index (χ0v) is 11.9. The number of rotatable bonds is 2. The first-order valence-corrected chi connectivity index (χ1v) is 5.94. The molecule has 0 saturated carbocycles. The van der Waals surface area contributed by atoms with Gasteiger partial charge in [-0.05, 0) is 26.3 Å². The van der Waals surface area contributed by atoms with E-state index in [-0.39, 0.29) is 36.8 Å². The summed E-state index contributed by atoms with van der Waals surface area (Å²) in [5.41, 5.74) is 5.65. The van der Waals surface area contributed by atoms with E-state index < -0.39 is 0 Å². The Hall–Kier alpha value is -0.0300. The van der Waals surface area contributed by atoms with Gasteiger partial charge in [0, 0.05) is 38.1 Å². The molecule has 2 unspecified atom stereocenters. The van der Waals surface area contributed by atoms with Crippen molar-refractivity contribution in [3.8, 4) is 0 Å². The minimum atomic E-state index is -0.0147. The van der Waals surface area contributed by atoms with Crippen LogP contribution in [-0.4, -0.2) is 54.0 Å². The van der Waals surface area contributed by atoms with E-state index in [1.165, 1.54) is 19.4 Å². The van der Waals surface area contributed by atoms with Gasteiger partial charge in [-0.25, -0.2) is 0 Å². The lowest BCUT2D eigenvalue weighted by molar-refractivity contribution is -0.134. The molecule has 4 nitrogen and oxygen atoms in total. The molecule has 0 aromatic heterocycles. The Kier molecular flexibility index (Phi) is 7.40. The van der Waals surface area contributed by atoms with Crippen molar-refractivity contribution < 1.29 is 4.79 Å². The summed E-state index contributed by atoms with van der Waals surface area (Å²) in [4.78, 5) is 16.3. The molecule has 2 N–H and O–H groups in total. The van der Waals surface area contributed by atoms with Crippen LogP contribution in [0.3, 0.4) is 0 Å². The predicted octanol–water partition coefficient (Wildman–Crippen LogP) is 0.874. The molecule has 17 heavy (non-hydrogen) atoms. The molecule has 102 valence electrons. The zero-order valence-electron chi connectivity index (χ0n) is 10.3.